The zero-order valence-corrected chi connectivity index (χ0v) is 11.1. The third-order valence-corrected chi connectivity index (χ3v) is 2.39. The van der Waals surface area contributed by atoms with E-state index in [0.29, 0.717) is 13.2 Å². The number of rotatable bonds is 3. The highest BCUT2D eigenvalue weighted by atomic mass is 16.5. The van der Waals surface area contributed by atoms with Gasteiger partial charge in [-0.15, -0.1) is 0 Å². The van der Waals surface area contributed by atoms with E-state index in [1.54, 1.807) is 0 Å². The minimum atomic E-state index is 0.0923. The fraction of sp³-hybridized carbons (Fsp3) is 0.467. The molecule has 1 aromatic rings. The van der Waals surface area contributed by atoms with Crippen LogP contribution in [0, 0.1) is 11.8 Å². The minimum absolute atomic E-state index is 0.0923. The molecule has 0 amide bonds. The van der Waals surface area contributed by atoms with Crippen molar-refractivity contribution in [2.45, 2.75) is 26.2 Å². The molecule has 0 aliphatic rings. The van der Waals surface area contributed by atoms with Crippen LogP contribution in [0.1, 0.15) is 26.3 Å². The molecule has 0 aliphatic carbocycles. The summed E-state index contributed by atoms with van der Waals surface area (Å²) in [6.45, 7) is 7.69. The third kappa shape index (κ3) is 4.50. The summed E-state index contributed by atoms with van der Waals surface area (Å²) in [7, 11) is 1.88. The Morgan fingerprint density at radius 1 is 1.18 bits per heavy atom. The maximum Gasteiger partial charge on any atom is 0.149 e. The molecule has 1 N–H and O–H groups in total. The maximum absolute atomic E-state index is 5.71. The van der Waals surface area contributed by atoms with E-state index in [1.807, 2.05) is 25.2 Å². The van der Waals surface area contributed by atoms with Gasteiger partial charge in [0.1, 0.15) is 12.4 Å². The summed E-state index contributed by atoms with van der Waals surface area (Å²) < 4.78 is 5.71. The molecule has 1 aromatic carbocycles. The van der Waals surface area contributed by atoms with Crippen LogP contribution < -0.4 is 10.1 Å². The highest BCUT2D eigenvalue weighted by Gasteiger charge is 2.17. The quantitative estimate of drug-likeness (QED) is 0.807. The molecule has 92 valence electrons. The largest absolute Gasteiger partial charge is 0.481 e. The Kier molecular flexibility index (Phi) is 5.06. The van der Waals surface area contributed by atoms with Gasteiger partial charge in [0.15, 0.2) is 0 Å². The summed E-state index contributed by atoms with van der Waals surface area (Å²) >= 11 is 0. The van der Waals surface area contributed by atoms with Gasteiger partial charge in [-0.3, -0.25) is 0 Å². The number of hydrogen-bond acceptors (Lipinski definition) is 2. The van der Waals surface area contributed by atoms with Crippen molar-refractivity contribution in [3.63, 3.8) is 0 Å². The summed E-state index contributed by atoms with van der Waals surface area (Å²) in [5.41, 5.74) is 1.31. The van der Waals surface area contributed by atoms with Crippen LogP contribution in [0.3, 0.4) is 0 Å². The molecule has 0 saturated carbocycles. The second-order valence-electron chi connectivity index (χ2n) is 4.92. The number of hydrogen-bond donors (Lipinski definition) is 1. The van der Waals surface area contributed by atoms with E-state index in [2.05, 4.69) is 44.0 Å². The molecule has 0 aliphatic heterocycles. The van der Waals surface area contributed by atoms with Crippen LogP contribution in [0.4, 0.5) is 0 Å². The predicted molar refractivity (Wildman–Crippen MR) is 72.3 cm³/mol. The molecule has 0 heterocycles. The van der Waals surface area contributed by atoms with E-state index < -0.39 is 0 Å². The Bertz CT molecular complexity index is 407. The van der Waals surface area contributed by atoms with Gasteiger partial charge in [0.25, 0.3) is 0 Å². The van der Waals surface area contributed by atoms with Crippen LogP contribution in [0.25, 0.3) is 0 Å². The summed E-state index contributed by atoms with van der Waals surface area (Å²) in [5, 5.41) is 2.97. The van der Waals surface area contributed by atoms with Crippen molar-refractivity contribution < 1.29 is 4.74 Å². The standard InChI is InChI=1S/C15H21NO/c1-15(2,3)13-9-5-6-10-14(13)17-12-8-7-11-16-4/h5-6,9-10,16H,11-12H2,1-4H3. The zero-order chi connectivity index (χ0) is 12.7. The molecule has 0 radical (unpaired) electrons. The van der Waals surface area contributed by atoms with Crippen molar-refractivity contribution in [3.8, 4) is 17.6 Å². The zero-order valence-electron chi connectivity index (χ0n) is 11.1. The number of ether oxygens (including phenoxy) is 1. The van der Waals surface area contributed by atoms with Gasteiger partial charge >= 0.3 is 0 Å². The number of para-hydroxylation sites is 1. The number of benzene rings is 1. The van der Waals surface area contributed by atoms with E-state index >= 15 is 0 Å². The van der Waals surface area contributed by atoms with Gasteiger partial charge in [-0.1, -0.05) is 50.8 Å². The molecular weight excluding hydrogens is 210 g/mol. The highest BCUT2D eigenvalue weighted by molar-refractivity contribution is 5.38. The molecule has 0 saturated heterocycles. The minimum Gasteiger partial charge on any atom is -0.481 e. The van der Waals surface area contributed by atoms with Crippen LogP contribution in [-0.4, -0.2) is 20.2 Å². The molecule has 0 unspecified atom stereocenters. The fourth-order valence-corrected chi connectivity index (χ4v) is 1.53. The first-order valence-electron chi connectivity index (χ1n) is 5.88. The van der Waals surface area contributed by atoms with Gasteiger partial charge in [0.05, 0.1) is 6.54 Å². The molecule has 2 nitrogen and oxygen atoms in total. The first kappa shape index (κ1) is 13.6. The second kappa shape index (κ2) is 6.32. The molecule has 0 aromatic heterocycles. The fourth-order valence-electron chi connectivity index (χ4n) is 1.53. The van der Waals surface area contributed by atoms with Crippen LogP contribution >= 0.6 is 0 Å². The van der Waals surface area contributed by atoms with Crippen LogP contribution in [-0.2, 0) is 5.41 Å². The lowest BCUT2D eigenvalue weighted by atomic mass is 9.86. The normalized spacial score (nSPS) is 10.6. The van der Waals surface area contributed by atoms with E-state index in [1.165, 1.54) is 5.56 Å². The Hall–Kier alpha value is -1.46. The Morgan fingerprint density at radius 2 is 1.88 bits per heavy atom. The monoisotopic (exact) mass is 231 g/mol. The predicted octanol–water partition coefficient (Wildman–Crippen LogP) is 2.59. The SMILES string of the molecule is CNCC#CCOc1ccccc1C(C)(C)C. The van der Waals surface area contributed by atoms with Crippen molar-refractivity contribution in [2.75, 3.05) is 20.2 Å². The van der Waals surface area contributed by atoms with E-state index in [4.69, 9.17) is 4.74 Å². The van der Waals surface area contributed by atoms with Crippen molar-refractivity contribution in [1.82, 2.24) is 5.32 Å². The first-order valence-corrected chi connectivity index (χ1v) is 5.88. The van der Waals surface area contributed by atoms with E-state index in [0.717, 1.165) is 5.75 Å². The lowest BCUT2D eigenvalue weighted by Gasteiger charge is -2.22. The average Bonchev–Trinajstić information content (AvgIpc) is 2.28. The van der Waals surface area contributed by atoms with Crippen molar-refractivity contribution in [1.29, 1.82) is 0 Å². The molecular formula is C15H21NO. The molecule has 2 heteroatoms. The summed E-state index contributed by atoms with van der Waals surface area (Å²) in [6.07, 6.45) is 0. The second-order valence-corrected chi connectivity index (χ2v) is 4.92. The van der Waals surface area contributed by atoms with Crippen molar-refractivity contribution in [3.05, 3.63) is 29.8 Å². The Morgan fingerprint density at radius 3 is 2.53 bits per heavy atom. The van der Waals surface area contributed by atoms with Gasteiger partial charge in [0, 0.05) is 0 Å². The van der Waals surface area contributed by atoms with Crippen molar-refractivity contribution >= 4 is 0 Å². The molecule has 0 bridgehead atoms. The Labute approximate surface area is 104 Å². The molecule has 17 heavy (non-hydrogen) atoms. The summed E-state index contributed by atoms with van der Waals surface area (Å²) in [6, 6.07) is 8.14. The van der Waals surface area contributed by atoms with E-state index in [9.17, 15) is 0 Å². The van der Waals surface area contributed by atoms with Gasteiger partial charge in [-0.05, 0) is 24.1 Å². The van der Waals surface area contributed by atoms with Gasteiger partial charge in [-0.2, -0.15) is 0 Å². The van der Waals surface area contributed by atoms with Crippen LogP contribution in [0.15, 0.2) is 24.3 Å². The van der Waals surface area contributed by atoms with E-state index in [-0.39, 0.29) is 5.41 Å². The van der Waals surface area contributed by atoms with Crippen LogP contribution in [0.2, 0.25) is 0 Å². The van der Waals surface area contributed by atoms with Crippen molar-refractivity contribution in [2.24, 2.45) is 0 Å². The van der Waals surface area contributed by atoms with Crippen LogP contribution in [0.5, 0.6) is 5.75 Å². The van der Waals surface area contributed by atoms with Gasteiger partial charge in [0.2, 0.25) is 0 Å². The lowest BCUT2D eigenvalue weighted by molar-refractivity contribution is 0.357. The molecule has 1 rings (SSSR count). The molecule has 0 spiro atoms. The smallest absolute Gasteiger partial charge is 0.149 e. The number of nitrogens with one attached hydrogen (secondary N) is 1. The summed E-state index contributed by atoms with van der Waals surface area (Å²) in [4.78, 5) is 0. The van der Waals surface area contributed by atoms with Gasteiger partial charge < -0.3 is 10.1 Å². The topological polar surface area (TPSA) is 21.3 Å². The van der Waals surface area contributed by atoms with Gasteiger partial charge in [-0.25, -0.2) is 0 Å². The lowest BCUT2D eigenvalue weighted by Crippen LogP contribution is -2.13. The third-order valence-electron chi connectivity index (χ3n) is 2.39. The maximum atomic E-state index is 5.71. The Balaban J connectivity index is 2.69. The molecule has 0 atom stereocenters. The molecule has 0 fully saturated rings. The average molecular weight is 231 g/mol. The highest BCUT2D eigenvalue weighted by Crippen LogP contribution is 2.30. The summed E-state index contributed by atoms with van der Waals surface area (Å²) in [5.74, 6) is 6.89. The first-order chi connectivity index (χ1) is 8.05.